The minimum absolute atomic E-state index is 0.172. The van der Waals surface area contributed by atoms with E-state index in [1.165, 1.54) is 18.2 Å². The lowest BCUT2D eigenvalue weighted by Crippen LogP contribution is -2.17. The zero-order valence-electron chi connectivity index (χ0n) is 16.3. The molecule has 0 saturated carbocycles. The second-order valence-electron chi connectivity index (χ2n) is 6.34. The predicted molar refractivity (Wildman–Crippen MR) is 110 cm³/mol. The van der Waals surface area contributed by atoms with Gasteiger partial charge in [0.2, 0.25) is 0 Å². The lowest BCUT2D eigenvalue weighted by atomic mass is 10.1. The van der Waals surface area contributed by atoms with Crippen molar-refractivity contribution in [1.82, 2.24) is 0 Å². The molecular weight excluding hydrogens is 373 g/mol. The van der Waals surface area contributed by atoms with Crippen molar-refractivity contribution in [2.75, 3.05) is 18.6 Å². The number of rotatable bonds is 8. The fraction of sp³-hybridized carbons (Fsp3) is 0.174. The highest BCUT2D eigenvalue weighted by molar-refractivity contribution is 5.89. The summed E-state index contributed by atoms with van der Waals surface area (Å²) in [7, 11) is 1.57. The normalized spacial score (nSPS) is 10.4. The molecule has 0 amide bonds. The van der Waals surface area contributed by atoms with Crippen LogP contribution in [-0.2, 0) is 6.54 Å². The molecule has 0 unspecified atom stereocenters. The van der Waals surface area contributed by atoms with Gasteiger partial charge >= 0.3 is 5.97 Å². The third-order valence-electron chi connectivity index (χ3n) is 4.39. The van der Waals surface area contributed by atoms with Crippen LogP contribution in [0.2, 0.25) is 0 Å². The Balaban J connectivity index is 2.08. The summed E-state index contributed by atoms with van der Waals surface area (Å²) in [5.41, 5.74) is 2.35. The lowest BCUT2D eigenvalue weighted by Gasteiger charge is -2.26. The Morgan fingerprint density at radius 1 is 1.00 bits per heavy atom. The second kappa shape index (κ2) is 9.10. The summed E-state index contributed by atoms with van der Waals surface area (Å²) in [6.45, 7) is 2.70. The number of hydrogen-bond acceptors (Lipinski definition) is 4. The third kappa shape index (κ3) is 4.85. The highest BCUT2D eigenvalue weighted by atomic mass is 19.1. The van der Waals surface area contributed by atoms with E-state index in [1.807, 2.05) is 36.1 Å². The van der Waals surface area contributed by atoms with Gasteiger partial charge in [-0.3, -0.25) is 0 Å². The van der Waals surface area contributed by atoms with E-state index in [0.29, 0.717) is 30.3 Å². The Hall–Kier alpha value is -3.54. The van der Waals surface area contributed by atoms with E-state index in [-0.39, 0.29) is 11.4 Å². The van der Waals surface area contributed by atoms with Crippen molar-refractivity contribution in [3.63, 3.8) is 0 Å². The number of carbonyl (C=O) groups is 1. The predicted octanol–water partition coefficient (Wildman–Crippen LogP) is 5.27. The van der Waals surface area contributed by atoms with Gasteiger partial charge in [0, 0.05) is 24.0 Å². The maximum atomic E-state index is 13.7. The fourth-order valence-corrected chi connectivity index (χ4v) is 3.06. The molecule has 3 rings (SSSR count). The van der Waals surface area contributed by atoms with Gasteiger partial charge in [0.15, 0.2) is 11.5 Å². The first-order valence-corrected chi connectivity index (χ1v) is 9.18. The van der Waals surface area contributed by atoms with Crippen molar-refractivity contribution in [2.24, 2.45) is 0 Å². The summed E-state index contributed by atoms with van der Waals surface area (Å²) in [5.74, 6) is -0.166. The number of hydrogen-bond donors (Lipinski definition) is 1. The largest absolute Gasteiger partial charge is 0.493 e. The Morgan fingerprint density at radius 2 is 1.76 bits per heavy atom. The van der Waals surface area contributed by atoms with Gasteiger partial charge in [-0.05, 0) is 55.0 Å². The van der Waals surface area contributed by atoms with Crippen LogP contribution in [-0.4, -0.2) is 24.8 Å². The van der Waals surface area contributed by atoms with E-state index in [9.17, 15) is 14.3 Å². The van der Waals surface area contributed by atoms with Crippen LogP contribution in [0.5, 0.6) is 11.5 Å². The van der Waals surface area contributed by atoms with Gasteiger partial charge < -0.3 is 19.5 Å². The highest BCUT2D eigenvalue weighted by Gasteiger charge is 2.16. The number of aromatic carboxylic acids is 1. The quantitative estimate of drug-likeness (QED) is 0.563. The Labute approximate surface area is 168 Å². The third-order valence-corrected chi connectivity index (χ3v) is 4.39. The number of halogens is 1. The molecule has 1 N–H and O–H groups in total. The Morgan fingerprint density at radius 3 is 2.45 bits per heavy atom. The smallest absolute Gasteiger partial charge is 0.335 e. The van der Waals surface area contributed by atoms with Crippen molar-refractivity contribution in [3.8, 4) is 11.5 Å². The summed E-state index contributed by atoms with van der Waals surface area (Å²) in [6, 6.07) is 18.4. The summed E-state index contributed by atoms with van der Waals surface area (Å²) >= 11 is 0. The molecule has 0 fully saturated rings. The van der Waals surface area contributed by atoms with Crippen LogP contribution in [0.1, 0.15) is 22.8 Å². The van der Waals surface area contributed by atoms with Gasteiger partial charge in [-0.2, -0.15) is 0 Å². The lowest BCUT2D eigenvalue weighted by molar-refractivity contribution is 0.0697. The number of carboxylic acids is 1. The van der Waals surface area contributed by atoms with E-state index in [1.54, 1.807) is 31.4 Å². The molecule has 29 heavy (non-hydrogen) atoms. The molecule has 0 radical (unpaired) electrons. The Kier molecular flexibility index (Phi) is 6.34. The zero-order valence-corrected chi connectivity index (χ0v) is 16.3. The first-order valence-electron chi connectivity index (χ1n) is 9.18. The standard InChI is InChI=1S/C23H22FNO4/c1-3-29-22-14-20(10-11-21(22)28-2)25(15-16-6-4-8-18(24)12-16)19-9-5-7-17(13-19)23(26)27/h4-14H,3,15H2,1-2H3,(H,26,27). The van der Waals surface area contributed by atoms with Crippen molar-refractivity contribution in [2.45, 2.75) is 13.5 Å². The van der Waals surface area contributed by atoms with E-state index in [0.717, 1.165) is 11.3 Å². The van der Waals surface area contributed by atoms with Crippen LogP contribution in [0.15, 0.2) is 66.7 Å². The maximum Gasteiger partial charge on any atom is 0.335 e. The Bertz CT molecular complexity index is 1010. The molecule has 0 bridgehead atoms. The molecule has 0 aromatic heterocycles. The molecule has 3 aromatic carbocycles. The molecule has 0 aliphatic rings. The van der Waals surface area contributed by atoms with Crippen LogP contribution < -0.4 is 14.4 Å². The molecule has 0 aliphatic heterocycles. The second-order valence-corrected chi connectivity index (χ2v) is 6.34. The molecule has 0 spiro atoms. The number of benzene rings is 3. The molecule has 0 heterocycles. The van der Waals surface area contributed by atoms with E-state index >= 15 is 0 Å². The van der Waals surface area contributed by atoms with E-state index in [2.05, 4.69) is 0 Å². The monoisotopic (exact) mass is 395 g/mol. The molecule has 150 valence electrons. The molecule has 5 nitrogen and oxygen atoms in total. The van der Waals surface area contributed by atoms with E-state index in [4.69, 9.17) is 9.47 Å². The van der Waals surface area contributed by atoms with Gasteiger partial charge in [0.25, 0.3) is 0 Å². The SMILES string of the molecule is CCOc1cc(N(Cc2cccc(F)c2)c2cccc(C(=O)O)c2)ccc1OC. The topological polar surface area (TPSA) is 59.0 Å². The maximum absolute atomic E-state index is 13.7. The van der Waals surface area contributed by atoms with Gasteiger partial charge in [-0.25, -0.2) is 9.18 Å². The molecular formula is C23H22FNO4. The minimum atomic E-state index is -1.01. The van der Waals surface area contributed by atoms with E-state index < -0.39 is 5.97 Å². The van der Waals surface area contributed by atoms with Crippen molar-refractivity contribution >= 4 is 17.3 Å². The van der Waals surface area contributed by atoms with Crippen molar-refractivity contribution in [1.29, 1.82) is 0 Å². The van der Waals surface area contributed by atoms with Crippen LogP contribution in [0.25, 0.3) is 0 Å². The average molecular weight is 395 g/mol. The summed E-state index contributed by atoms with van der Waals surface area (Å²) in [5, 5.41) is 9.37. The van der Waals surface area contributed by atoms with Gasteiger partial charge in [-0.1, -0.05) is 18.2 Å². The zero-order chi connectivity index (χ0) is 20.8. The molecule has 0 aliphatic carbocycles. The number of ether oxygens (including phenoxy) is 2. The van der Waals surface area contributed by atoms with Gasteiger partial charge in [0.1, 0.15) is 5.82 Å². The summed E-state index contributed by atoms with van der Waals surface area (Å²) in [4.78, 5) is 13.3. The summed E-state index contributed by atoms with van der Waals surface area (Å²) < 4.78 is 24.8. The van der Waals surface area contributed by atoms with Crippen LogP contribution in [0, 0.1) is 5.82 Å². The summed E-state index contributed by atoms with van der Waals surface area (Å²) in [6.07, 6.45) is 0. The van der Waals surface area contributed by atoms with Crippen LogP contribution in [0.3, 0.4) is 0 Å². The average Bonchev–Trinajstić information content (AvgIpc) is 2.72. The van der Waals surface area contributed by atoms with Crippen LogP contribution >= 0.6 is 0 Å². The molecule has 0 saturated heterocycles. The minimum Gasteiger partial charge on any atom is -0.493 e. The number of carboxylic acid groups (broad SMARTS) is 1. The van der Waals surface area contributed by atoms with Gasteiger partial charge in [-0.15, -0.1) is 0 Å². The fourth-order valence-electron chi connectivity index (χ4n) is 3.06. The van der Waals surface area contributed by atoms with Crippen molar-refractivity contribution < 1.29 is 23.8 Å². The number of methoxy groups -OCH3 is 1. The highest BCUT2D eigenvalue weighted by Crippen LogP contribution is 2.36. The van der Waals surface area contributed by atoms with Gasteiger partial charge in [0.05, 0.1) is 19.3 Å². The molecule has 0 atom stereocenters. The van der Waals surface area contributed by atoms with Crippen LogP contribution in [0.4, 0.5) is 15.8 Å². The first kappa shape index (κ1) is 20.2. The van der Waals surface area contributed by atoms with Crippen molar-refractivity contribution in [3.05, 3.63) is 83.7 Å². The number of anilines is 2. The molecule has 6 heteroatoms. The number of nitrogens with zero attached hydrogens (tertiary/aromatic N) is 1. The first-order chi connectivity index (χ1) is 14.0. The molecule has 3 aromatic rings.